The molecule has 3 aliphatic rings. The van der Waals surface area contributed by atoms with E-state index in [0.29, 0.717) is 19.6 Å². The summed E-state index contributed by atoms with van der Waals surface area (Å²) in [5.41, 5.74) is 4.80. The van der Waals surface area contributed by atoms with Crippen LogP contribution < -0.4 is 5.73 Å². The van der Waals surface area contributed by atoms with Gasteiger partial charge < -0.3 is 15.2 Å². The molecule has 2 fully saturated rings. The van der Waals surface area contributed by atoms with Crippen molar-refractivity contribution in [1.82, 2.24) is 0 Å². The summed E-state index contributed by atoms with van der Waals surface area (Å²) in [4.78, 5) is 4.23. The van der Waals surface area contributed by atoms with Gasteiger partial charge in [0, 0.05) is 5.92 Å². The third-order valence-electron chi connectivity index (χ3n) is 5.07. The number of nitrogens with two attached hydrogens (primary N) is 1. The average Bonchev–Trinajstić information content (AvgIpc) is 2.81. The second kappa shape index (κ2) is 4.07. The van der Waals surface area contributed by atoms with Crippen molar-refractivity contribution in [3.63, 3.8) is 0 Å². The SMILES string of the molecule is N#C[C@@]12C(N)=NC3(OCCO3)[C@]1(C#N)[C@H]2Cc1ccccc1. The quantitative estimate of drug-likeness (QED) is 0.874. The van der Waals surface area contributed by atoms with Gasteiger partial charge in [0.15, 0.2) is 5.41 Å². The summed E-state index contributed by atoms with van der Waals surface area (Å²) in [5, 5.41) is 19.6. The molecule has 22 heavy (non-hydrogen) atoms. The van der Waals surface area contributed by atoms with E-state index in [4.69, 9.17) is 15.2 Å². The van der Waals surface area contributed by atoms with E-state index in [1.54, 1.807) is 0 Å². The van der Waals surface area contributed by atoms with Gasteiger partial charge in [-0.15, -0.1) is 0 Å². The summed E-state index contributed by atoms with van der Waals surface area (Å²) in [6, 6.07) is 14.2. The molecule has 110 valence electrons. The third-order valence-corrected chi connectivity index (χ3v) is 5.07. The number of fused-ring (bicyclic) bond motifs is 2. The molecule has 6 nitrogen and oxygen atoms in total. The molecular weight excluding hydrogens is 280 g/mol. The van der Waals surface area contributed by atoms with E-state index in [1.165, 1.54) is 0 Å². The number of nitriles is 2. The molecule has 2 N–H and O–H groups in total. The van der Waals surface area contributed by atoms with E-state index in [2.05, 4.69) is 17.1 Å². The van der Waals surface area contributed by atoms with Crippen LogP contribution in [0.2, 0.25) is 0 Å². The molecule has 4 rings (SSSR count). The van der Waals surface area contributed by atoms with Crippen molar-refractivity contribution in [2.24, 2.45) is 27.5 Å². The predicted molar refractivity (Wildman–Crippen MR) is 76.0 cm³/mol. The Labute approximate surface area is 127 Å². The molecule has 0 amide bonds. The van der Waals surface area contributed by atoms with Crippen LogP contribution >= 0.6 is 0 Å². The first-order valence-electron chi connectivity index (χ1n) is 7.17. The Morgan fingerprint density at radius 3 is 2.45 bits per heavy atom. The van der Waals surface area contributed by atoms with Crippen LogP contribution in [0, 0.1) is 39.4 Å². The van der Waals surface area contributed by atoms with Gasteiger partial charge in [-0.1, -0.05) is 30.3 Å². The summed E-state index contributed by atoms with van der Waals surface area (Å²) in [5.74, 6) is -1.55. The van der Waals surface area contributed by atoms with E-state index in [1.807, 2.05) is 30.3 Å². The smallest absolute Gasteiger partial charge is 0.293 e. The molecule has 1 aliphatic carbocycles. The minimum absolute atomic E-state index is 0.152. The van der Waals surface area contributed by atoms with Crippen LogP contribution in [0.4, 0.5) is 0 Å². The van der Waals surface area contributed by atoms with Crippen molar-refractivity contribution < 1.29 is 9.47 Å². The Balaban J connectivity index is 1.80. The zero-order valence-electron chi connectivity index (χ0n) is 11.8. The lowest BCUT2D eigenvalue weighted by Crippen LogP contribution is -2.39. The van der Waals surface area contributed by atoms with Gasteiger partial charge in [0.2, 0.25) is 0 Å². The van der Waals surface area contributed by atoms with Gasteiger partial charge in [-0.3, -0.25) is 0 Å². The van der Waals surface area contributed by atoms with E-state index in [0.717, 1.165) is 5.56 Å². The summed E-state index contributed by atoms with van der Waals surface area (Å²) in [6.07, 6.45) is 0.562. The summed E-state index contributed by atoms with van der Waals surface area (Å²) in [6.45, 7) is 0.694. The van der Waals surface area contributed by atoms with Gasteiger partial charge in [-0.25, -0.2) is 4.99 Å². The first-order chi connectivity index (χ1) is 10.7. The number of hydrogen-bond donors (Lipinski definition) is 1. The molecule has 0 aromatic heterocycles. The van der Waals surface area contributed by atoms with Gasteiger partial charge in [-0.05, 0) is 12.0 Å². The lowest BCUT2D eigenvalue weighted by atomic mass is 9.94. The fourth-order valence-corrected chi connectivity index (χ4v) is 4.05. The number of aliphatic imine (C=N–C) groups is 1. The monoisotopic (exact) mass is 294 g/mol. The van der Waals surface area contributed by atoms with Gasteiger partial charge in [0.1, 0.15) is 11.3 Å². The van der Waals surface area contributed by atoms with Crippen LogP contribution in [0.25, 0.3) is 0 Å². The Kier molecular flexibility index (Phi) is 2.45. The minimum atomic E-state index is -1.42. The molecule has 0 unspecified atom stereocenters. The molecule has 1 aromatic rings. The van der Waals surface area contributed by atoms with Crippen molar-refractivity contribution >= 4 is 5.84 Å². The van der Waals surface area contributed by atoms with Gasteiger partial charge in [0.25, 0.3) is 5.91 Å². The molecule has 1 aromatic carbocycles. The van der Waals surface area contributed by atoms with Crippen molar-refractivity contribution in [2.75, 3.05) is 13.2 Å². The topological polar surface area (TPSA) is 104 Å². The Morgan fingerprint density at radius 1 is 1.18 bits per heavy atom. The standard InChI is InChI=1S/C16H14N4O2/c17-9-14-12(8-11-4-2-1-3-5-11)15(14,10-18)16(20-13(14)19)21-6-7-22-16/h1-5,12H,6-8H2,(H2,19,20)/t12-,14+,15+/m0/s1. The van der Waals surface area contributed by atoms with Crippen molar-refractivity contribution in [3.8, 4) is 12.1 Å². The zero-order valence-corrected chi connectivity index (χ0v) is 11.8. The van der Waals surface area contributed by atoms with Crippen molar-refractivity contribution in [1.29, 1.82) is 10.5 Å². The van der Waals surface area contributed by atoms with Crippen molar-refractivity contribution in [3.05, 3.63) is 35.9 Å². The molecule has 2 aliphatic heterocycles. The Bertz CT molecular complexity index is 742. The number of nitrogens with zero attached hydrogens (tertiary/aromatic N) is 3. The minimum Gasteiger partial charge on any atom is -0.386 e. The molecule has 2 heterocycles. The highest BCUT2D eigenvalue weighted by molar-refractivity contribution is 5.98. The van der Waals surface area contributed by atoms with Crippen LogP contribution in [0.15, 0.2) is 35.3 Å². The van der Waals surface area contributed by atoms with E-state index in [-0.39, 0.29) is 11.8 Å². The maximum absolute atomic E-state index is 9.87. The van der Waals surface area contributed by atoms with Crippen molar-refractivity contribution in [2.45, 2.75) is 12.3 Å². The van der Waals surface area contributed by atoms with E-state index in [9.17, 15) is 10.5 Å². The van der Waals surface area contributed by atoms with Crippen LogP contribution in [-0.2, 0) is 15.9 Å². The number of benzene rings is 1. The molecule has 6 heteroatoms. The molecule has 3 atom stereocenters. The third kappa shape index (κ3) is 1.20. The first-order valence-corrected chi connectivity index (χ1v) is 7.17. The predicted octanol–water partition coefficient (Wildman–Crippen LogP) is 0.950. The maximum Gasteiger partial charge on any atom is 0.293 e. The van der Waals surface area contributed by atoms with E-state index >= 15 is 0 Å². The van der Waals surface area contributed by atoms with Crippen LogP contribution in [0.5, 0.6) is 0 Å². The fourth-order valence-electron chi connectivity index (χ4n) is 4.05. The summed E-state index contributed by atoms with van der Waals surface area (Å²) < 4.78 is 11.3. The highest BCUT2D eigenvalue weighted by Gasteiger charge is 2.93. The number of rotatable bonds is 2. The van der Waals surface area contributed by atoms with E-state index < -0.39 is 16.7 Å². The molecule has 0 bridgehead atoms. The maximum atomic E-state index is 9.87. The molecule has 1 saturated carbocycles. The average molecular weight is 294 g/mol. The molecule has 0 radical (unpaired) electrons. The Morgan fingerprint density at radius 2 is 1.86 bits per heavy atom. The highest BCUT2D eigenvalue weighted by atomic mass is 16.8. The number of hydrogen-bond acceptors (Lipinski definition) is 6. The summed E-state index contributed by atoms with van der Waals surface area (Å²) >= 11 is 0. The van der Waals surface area contributed by atoms with Gasteiger partial charge in [0.05, 0.1) is 25.4 Å². The zero-order chi connectivity index (χ0) is 15.4. The number of ether oxygens (including phenoxy) is 2. The molecular formula is C16H14N4O2. The van der Waals surface area contributed by atoms with Gasteiger partial charge in [-0.2, -0.15) is 10.5 Å². The highest BCUT2D eigenvalue weighted by Crippen LogP contribution is 2.79. The summed E-state index contributed by atoms with van der Waals surface area (Å²) in [7, 11) is 0. The second-order valence-electron chi connectivity index (χ2n) is 5.86. The fraction of sp³-hybridized carbons (Fsp3) is 0.438. The van der Waals surface area contributed by atoms with Crippen LogP contribution in [0.3, 0.4) is 0 Å². The van der Waals surface area contributed by atoms with Crippen LogP contribution in [-0.4, -0.2) is 25.0 Å². The molecule has 1 saturated heterocycles. The number of amidine groups is 1. The lowest BCUT2D eigenvalue weighted by molar-refractivity contribution is -0.186. The first kappa shape index (κ1) is 13.3. The normalized spacial score (nSPS) is 37.2. The largest absolute Gasteiger partial charge is 0.386 e. The Hall–Kier alpha value is -2.41. The second-order valence-corrected chi connectivity index (χ2v) is 5.86. The lowest BCUT2D eigenvalue weighted by Gasteiger charge is -2.25. The molecule has 1 spiro atoms. The van der Waals surface area contributed by atoms with Gasteiger partial charge >= 0.3 is 0 Å². The van der Waals surface area contributed by atoms with Crippen LogP contribution in [0.1, 0.15) is 5.56 Å².